The van der Waals surface area contributed by atoms with E-state index in [0.29, 0.717) is 17.0 Å². The molecule has 2 aromatic rings. The Balaban J connectivity index is 1.73. The number of sulfonamides is 1. The van der Waals surface area contributed by atoms with Gasteiger partial charge in [-0.15, -0.1) is 0 Å². The zero-order valence-corrected chi connectivity index (χ0v) is 17.4. The van der Waals surface area contributed by atoms with Crippen LogP contribution in [0.1, 0.15) is 24.0 Å². The summed E-state index contributed by atoms with van der Waals surface area (Å²) >= 11 is 0. The molecule has 1 aromatic heterocycles. The van der Waals surface area contributed by atoms with Crippen molar-refractivity contribution >= 4 is 27.5 Å². The van der Waals surface area contributed by atoms with Crippen LogP contribution < -0.4 is 15.4 Å². The van der Waals surface area contributed by atoms with E-state index < -0.39 is 22.0 Å². The SMILES string of the molecule is Cc1ccc(CNC(=O)CN(C)S(=O)(=O)c2cc3c(cc2C)NC(=O)C(C)O3)o1. The number of benzene rings is 1. The first kappa shape index (κ1) is 20.9. The Morgan fingerprint density at radius 2 is 2.00 bits per heavy atom. The van der Waals surface area contributed by atoms with Gasteiger partial charge in [0.2, 0.25) is 15.9 Å². The second-order valence-electron chi connectivity index (χ2n) is 6.91. The van der Waals surface area contributed by atoms with Gasteiger partial charge in [-0.2, -0.15) is 4.31 Å². The lowest BCUT2D eigenvalue weighted by atomic mass is 10.1. The number of likely N-dealkylation sites (N-methyl/N-ethyl adjacent to an activating group) is 1. The van der Waals surface area contributed by atoms with Crippen molar-refractivity contribution in [2.45, 2.75) is 38.3 Å². The van der Waals surface area contributed by atoms with Crippen LogP contribution in [-0.2, 0) is 26.2 Å². The Morgan fingerprint density at radius 1 is 1.28 bits per heavy atom. The molecule has 9 nitrogen and oxygen atoms in total. The monoisotopic (exact) mass is 421 g/mol. The summed E-state index contributed by atoms with van der Waals surface area (Å²) in [6.45, 7) is 4.80. The van der Waals surface area contributed by atoms with Gasteiger partial charge < -0.3 is 19.8 Å². The molecule has 2 heterocycles. The Bertz CT molecular complexity index is 1060. The Morgan fingerprint density at radius 3 is 2.66 bits per heavy atom. The number of carbonyl (C=O) groups is 2. The molecule has 3 rings (SSSR count). The smallest absolute Gasteiger partial charge is 0.265 e. The number of hydrogen-bond acceptors (Lipinski definition) is 6. The quantitative estimate of drug-likeness (QED) is 0.731. The number of ether oxygens (including phenoxy) is 1. The van der Waals surface area contributed by atoms with Crippen LogP contribution in [0.15, 0.2) is 33.6 Å². The number of nitrogens with one attached hydrogen (secondary N) is 2. The second-order valence-corrected chi connectivity index (χ2v) is 8.93. The molecule has 1 unspecified atom stereocenters. The van der Waals surface area contributed by atoms with Crippen molar-refractivity contribution in [3.63, 3.8) is 0 Å². The Hall–Kier alpha value is -2.85. The van der Waals surface area contributed by atoms with Gasteiger partial charge in [0, 0.05) is 13.1 Å². The predicted molar refractivity (Wildman–Crippen MR) is 105 cm³/mol. The third kappa shape index (κ3) is 4.43. The highest BCUT2D eigenvalue weighted by Gasteiger charge is 2.30. The fourth-order valence-corrected chi connectivity index (χ4v) is 4.24. The van der Waals surface area contributed by atoms with Crippen molar-refractivity contribution in [3.05, 3.63) is 41.3 Å². The molecular weight excluding hydrogens is 398 g/mol. The normalized spacial score (nSPS) is 16.2. The summed E-state index contributed by atoms with van der Waals surface area (Å²) in [5, 5.41) is 5.31. The summed E-state index contributed by atoms with van der Waals surface area (Å²) in [5.74, 6) is 0.822. The van der Waals surface area contributed by atoms with E-state index in [1.165, 1.54) is 13.1 Å². The third-order valence-corrected chi connectivity index (χ3v) is 6.46. The van der Waals surface area contributed by atoms with Crippen molar-refractivity contribution in [1.29, 1.82) is 0 Å². The zero-order valence-electron chi connectivity index (χ0n) is 16.6. The average molecular weight is 421 g/mol. The number of carbonyl (C=O) groups excluding carboxylic acids is 2. The molecule has 1 aromatic carbocycles. The molecule has 0 bridgehead atoms. The van der Waals surface area contributed by atoms with Crippen LogP contribution in [0.3, 0.4) is 0 Å². The van der Waals surface area contributed by atoms with Gasteiger partial charge in [0.15, 0.2) is 6.10 Å². The minimum absolute atomic E-state index is 0.0107. The highest BCUT2D eigenvalue weighted by molar-refractivity contribution is 7.89. The van der Waals surface area contributed by atoms with Gasteiger partial charge in [-0.25, -0.2) is 8.42 Å². The van der Waals surface area contributed by atoms with Crippen molar-refractivity contribution in [2.75, 3.05) is 18.9 Å². The maximum Gasteiger partial charge on any atom is 0.265 e. The lowest BCUT2D eigenvalue weighted by Crippen LogP contribution is -2.38. The Kier molecular flexibility index (Phi) is 5.67. The van der Waals surface area contributed by atoms with Gasteiger partial charge in [0.25, 0.3) is 5.91 Å². The number of furan rings is 1. The van der Waals surface area contributed by atoms with E-state index >= 15 is 0 Å². The number of nitrogens with zero attached hydrogens (tertiary/aromatic N) is 1. The largest absolute Gasteiger partial charge is 0.479 e. The summed E-state index contributed by atoms with van der Waals surface area (Å²) in [6, 6.07) is 6.43. The molecule has 0 spiro atoms. The third-order valence-electron chi connectivity index (χ3n) is 4.52. The van der Waals surface area contributed by atoms with Gasteiger partial charge in [-0.05, 0) is 44.5 Å². The minimum atomic E-state index is -3.95. The van der Waals surface area contributed by atoms with E-state index in [4.69, 9.17) is 9.15 Å². The first-order chi connectivity index (χ1) is 13.6. The minimum Gasteiger partial charge on any atom is -0.479 e. The standard InChI is InChI=1S/C19H23N3O6S/c1-11-7-15-16(28-13(3)19(24)21-15)8-17(11)29(25,26)22(4)10-18(23)20-9-14-6-5-12(2)27-14/h5-8,13H,9-10H2,1-4H3,(H,20,23)(H,21,24). The summed E-state index contributed by atoms with van der Waals surface area (Å²) in [7, 11) is -2.62. The number of anilines is 1. The van der Waals surface area contributed by atoms with E-state index in [-0.39, 0.29) is 29.6 Å². The molecule has 0 aliphatic carbocycles. The topological polar surface area (TPSA) is 118 Å². The molecule has 0 saturated carbocycles. The molecule has 2 N–H and O–H groups in total. The van der Waals surface area contributed by atoms with E-state index in [1.807, 2.05) is 0 Å². The number of fused-ring (bicyclic) bond motifs is 1. The fraction of sp³-hybridized carbons (Fsp3) is 0.368. The molecule has 1 aliphatic rings. The molecule has 0 saturated heterocycles. The van der Waals surface area contributed by atoms with E-state index in [0.717, 1.165) is 10.1 Å². The fourth-order valence-electron chi connectivity index (χ4n) is 2.90. The van der Waals surface area contributed by atoms with Gasteiger partial charge in [0.1, 0.15) is 17.3 Å². The van der Waals surface area contributed by atoms with Crippen LogP contribution in [-0.4, -0.2) is 44.2 Å². The average Bonchev–Trinajstić information content (AvgIpc) is 3.06. The first-order valence-corrected chi connectivity index (χ1v) is 10.4. The summed E-state index contributed by atoms with van der Waals surface area (Å²) in [4.78, 5) is 23.9. The number of amides is 2. The molecule has 0 fully saturated rings. The van der Waals surface area contributed by atoms with E-state index in [9.17, 15) is 18.0 Å². The zero-order chi connectivity index (χ0) is 21.3. The summed E-state index contributed by atoms with van der Waals surface area (Å²) < 4.78 is 37.8. The molecule has 0 radical (unpaired) electrons. The summed E-state index contributed by atoms with van der Waals surface area (Å²) in [5.41, 5.74) is 0.846. The van der Waals surface area contributed by atoms with Gasteiger partial charge in [0.05, 0.1) is 23.7 Å². The van der Waals surface area contributed by atoms with Crippen LogP contribution in [0.25, 0.3) is 0 Å². The van der Waals surface area contributed by atoms with Crippen molar-refractivity contribution in [1.82, 2.24) is 9.62 Å². The van der Waals surface area contributed by atoms with Crippen molar-refractivity contribution in [2.24, 2.45) is 0 Å². The number of hydrogen-bond donors (Lipinski definition) is 2. The molecule has 2 amide bonds. The van der Waals surface area contributed by atoms with Crippen LogP contribution in [0.4, 0.5) is 5.69 Å². The molecule has 156 valence electrons. The molecule has 1 aliphatic heterocycles. The number of rotatable bonds is 6. The highest BCUT2D eigenvalue weighted by Crippen LogP contribution is 2.35. The Labute approximate surface area is 169 Å². The van der Waals surface area contributed by atoms with Crippen LogP contribution >= 0.6 is 0 Å². The first-order valence-electron chi connectivity index (χ1n) is 8.98. The number of aryl methyl sites for hydroxylation is 2. The van der Waals surface area contributed by atoms with Crippen molar-refractivity contribution in [3.8, 4) is 5.75 Å². The van der Waals surface area contributed by atoms with Crippen molar-refractivity contribution < 1.29 is 27.2 Å². The summed E-state index contributed by atoms with van der Waals surface area (Å²) in [6.07, 6.45) is -0.727. The highest BCUT2D eigenvalue weighted by atomic mass is 32.2. The molecule has 10 heteroatoms. The van der Waals surface area contributed by atoms with Gasteiger partial charge in [-0.3, -0.25) is 9.59 Å². The predicted octanol–water partition coefficient (Wildman–Crippen LogP) is 1.55. The van der Waals surface area contributed by atoms with Crippen LogP contribution in [0.5, 0.6) is 5.75 Å². The molecule has 29 heavy (non-hydrogen) atoms. The van der Waals surface area contributed by atoms with Crippen LogP contribution in [0.2, 0.25) is 0 Å². The molecular formula is C19H23N3O6S. The van der Waals surface area contributed by atoms with E-state index in [1.54, 1.807) is 39.0 Å². The second kappa shape index (κ2) is 7.88. The lowest BCUT2D eigenvalue weighted by Gasteiger charge is -2.25. The maximum atomic E-state index is 13.0. The van der Waals surface area contributed by atoms with Crippen LogP contribution in [0, 0.1) is 13.8 Å². The van der Waals surface area contributed by atoms with Gasteiger partial charge >= 0.3 is 0 Å². The molecule has 1 atom stereocenters. The van der Waals surface area contributed by atoms with E-state index in [2.05, 4.69) is 10.6 Å². The lowest BCUT2D eigenvalue weighted by molar-refractivity contribution is -0.123. The van der Waals surface area contributed by atoms with Gasteiger partial charge in [-0.1, -0.05) is 0 Å². The maximum absolute atomic E-state index is 13.0.